The summed E-state index contributed by atoms with van der Waals surface area (Å²) in [6.07, 6.45) is 1.94. The minimum Gasteiger partial charge on any atom is -0.311 e. The summed E-state index contributed by atoms with van der Waals surface area (Å²) in [4.78, 5) is 28.9. The Morgan fingerprint density at radius 3 is 2.58 bits per heavy atom. The molecule has 8 heteroatoms. The van der Waals surface area contributed by atoms with Crippen molar-refractivity contribution in [1.29, 1.82) is 0 Å². The summed E-state index contributed by atoms with van der Waals surface area (Å²) in [7, 11) is 0. The SMILES string of the molecule is CC(Sc1nnc2n(Cc3ccccc3)c(=O)c3ccccc3n12)C(=O)N1CCCc2ccccc21. The molecule has 1 aliphatic rings. The first-order valence-corrected chi connectivity index (χ1v) is 13.0. The quantitative estimate of drug-likeness (QED) is 0.335. The maximum absolute atomic E-state index is 13.5. The number of fused-ring (bicyclic) bond motifs is 4. The van der Waals surface area contributed by atoms with Gasteiger partial charge >= 0.3 is 0 Å². The second kappa shape index (κ2) is 9.28. The molecule has 36 heavy (non-hydrogen) atoms. The molecule has 1 aliphatic heterocycles. The van der Waals surface area contributed by atoms with Crippen LogP contribution in [0.3, 0.4) is 0 Å². The first kappa shape index (κ1) is 22.5. The Morgan fingerprint density at radius 1 is 0.972 bits per heavy atom. The number of benzene rings is 3. The van der Waals surface area contributed by atoms with Crippen LogP contribution in [0.2, 0.25) is 0 Å². The van der Waals surface area contributed by atoms with Crippen LogP contribution >= 0.6 is 11.8 Å². The Morgan fingerprint density at radius 2 is 1.72 bits per heavy atom. The number of carbonyl (C=O) groups is 1. The van der Waals surface area contributed by atoms with Crippen LogP contribution in [0, 0.1) is 0 Å². The predicted octanol–water partition coefficient (Wildman–Crippen LogP) is 4.55. The van der Waals surface area contributed by atoms with Gasteiger partial charge in [-0.3, -0.25) is 18.6 Å². The second-order valence-corrected chi connectivity index (χ2v) is 10.3. The molecule has 0 N–H and O–H groups in total. The van der Waals surface area contributed by atoms with E-state index in [1.165, 1.54) is 17.3 Å². The molecule has 3 aromatic carbocycles. The lowest BCUT2D eigenvalue weighted by Gasteiger charge is -2.31. The molecule has 1 unspecified atom stereocenters. The van der Waals surface area contributed by atoms with E-state index in [0.29, 0.717) is 29.4 Å². The predicted molar refractivity (Wildman–Crippen MR) is 143 cm³/mol. The number of aryl methyl sites for hydroxylation is 1. The zero-order valence-electron chi connectivity index (χ0n) is 19.9. The number of amides is 1. The van der Waals surface area contributed by atoms with Gasteiger partial charge in [-0.25, -0.2) is 0 Å². The van der Waals surface area contributed by atoms with Crippen molar-refractivity contribution in [2.45, 2.75) is 36.7 Å². The number of thioether (sulfide) groups is 1. The fraction of sp³-hybridized carbons (Fsp3) is 0.214. The third kappa shape index (κ3) is 3.87. The summed E-state index contributed by atoms with van der Waals surface area (Å²) in [5.41, 5.74) is 3.83. The van der Waals surface area contributed by atoms with Crippen molar-refractivity contribution in [3.8, 4) is 0 Å². The van der Waals surface area contributed by atoms with Gasteiger partial charge in [0.05, 0.1) is 22.7 Å². The number of nitrogens with zero attached hydrogens (tertiary/aromatic N) is 5. The highest BCUT2D eigenvalue weighted by atomic mass is 32.2. The Bertz CT molecular complexity index is 1640. The van der Waals surface area contributed by atoms with E-state index in [4.69, 9.17) is 0 Å². The van der Waals surface area contributed by atoms with Gasteiger partial charge in [-0.05, 0) is 49.1 Å². The minimum absolute atomic E-state index is 0.0470. The van der Waals surface area contributed by atoms with Crippen molar-refractivity contribution in [1.82, 2.24) is 19.2 Å². The van der Waals surface area contributed by atoms with E-state index in [1.807, 2.05) is 89.0 Å². The van der Waals surface area contributed by atoms with Crippen molar-refractivity contribution >= 4 is 40.0 Å². The highest BCUT2D eigenvalue weighted by Gasteiger charge is 2.28. The van der Waals surface area contributed by atoms with Gasteiger partial charge < -0.3 is 4.90 Å². The summed E-state index contributed by atoms with van der Waals surface area (Å²) in [6, 6.07) is 25.4. The molecule has 0 spiro atoms. The zero-order valence-corrected chi connectivity index (χ0v) is 20.7. The molecule has 6 rings (SSSR count). The van der Waals surface area contributed by atoms with E-state index in [-0.39, 0.29) is 16.7 Å². The summed E-state index contributed by atoms with van der Waals surface area (Å²) in [5, 5.41) is 9.67. The van der Waals surface area contributed by atoms with Gasteiger partial charge in [0, 0.05) is 12.2 Å². The number of hydrogen-bond acceptors (Lipinski definition) is 5. The summed E-state index contributed by atoms with van der Waals surface area (Å²) in [6.45, 7) is 3.00. The average Bonchev–Trinajstić information content (AvgIpc) is 3.34. The highest BCUT2D eigenvalue weighted by Crippen LogP contribution is 2.31. The number of rotatable bonds is 5. The molecule has 5 aromatic rings. The van der Waals surface area contributed by atoms with Gasteiger partial charge in [0.2, 0.25) is 11.7 Å². The standard InChI is InChI=1S/C28H25N5O2S/c1-19(25(34)31-17-9-13-21-12-5-7-15-23(21)31)36-28-30-29-27-32(18-20-10-3-2-4-11-20)26(35)22-14-6-8-16-24(22)33(27)28/h2-8,10-12,14-16,19H,9,13,17-18H2,1H3. The molecule has 1 atom stereocenters. The summed E-state index contributed by atoms with van der Waals surface area (Å²) < 4.78 is 3.56. The monoisotopic (exact) mass is 495 g/mol. The molecule has 0 radical (unpaired) electrons. The smallest absolute Gasteiger partial charge is 0.263 e. The maximum atomic E-state index is 13.5. The normalized spacial score (nSPS) is 14.2. The zero-order chi connectivity index (χ0) is 24.6. The third-order valence-electron chi connectivity index (χ3n) is 6.67. The Kier molecular flexibility index (Phi) is 5.81. The molecule has 0 aliphatic carbocycles. The molecular weight excluding hydrogens is 470 g/mol. The molecule has 0 saturated heterocycles. The van der Waals surface area contributed by atoms with Crippen LogP contribution in [-0.4, -0.2) is 36.9 Å². The van der Waals surface area contributed by atoms with Gasteiger partial charge in [0.25, 0.3) is 5.56 Å². The van der Waals surface area contributed by atoms with E-state index in [0.717, 1.165) is 29.6 Å². The molecule has 7 nitrogen and oxygen atoms in total. The van der Waals surface area contributed by atoms with Crippen LogP contribution in [0.25, 0.3) is 16.7 Å². The van der Waals surface area contributed by atoms with Gasteiger partial charge in [-0.2, -0.15) is 0 Å². The van der Waals surface area contributed by atoms with E-state index in [1.54, 1.807) is 4.57 Å². The van der Waals surface area contributed by atoms with Gasteiger partial charge in [-0.15, -0.1) is 10.2 Å². The van der Waals surface area contributed by atoms with Crippen LogP contribution in [0.4, 0.5) is 5.69 Å². The molecule has 3 heterocycles. The number of carbonyl (C=O) groups excluding carboxylic acids is 1. The first-order valence-electron chi connectivity index (χ1n) is 12.1. The van der Waals surface area contributed by atoms with E-state index in [2.05, 4.69) is 16.3 Å². The van der Waals surface area contributed by atoms with Crippen LogP contribution < -0.4 is 10.5 Å². The van der Waals surface area contributed by atoms with Crippen molar-refractivity contribution in [2.75, 3.05) is 11.4 Å². The first-order chi connectivity index (χ1) is 17.6. The van der Waals surface area contributed by atoms with E-state index >= 15 is 0 Å². The summed E-state index contributed by atoms with van der Waals surface area (Å²) >= 11 is 1.37. The molecule has 0 bridgehead atoms. The lowest BCUT2D eigenvalue weighted by Crippen LogP contribution is -2.40. The topological polar surface area (TPSA) is 72.5 Å². The molecular formula is C28H25N5O2S. The summed E-state index contributed by atoms with van der Waals surface area (Å²) in [5.74, 6) is 0.513. The number of anilines is 1. The largest absolute Gasteiger partial charge is 0.311 e. The lowest BCUT2D eigenvalue weighted by molar-refractivity contribution is -0.117. The highest BCUT2D eigenvalue weighted by molar-refractivity contribution is 8.00. The van der Waals surface area contributed by atoms with Crippen molar-refractivity contribution < 1.29 is 4.79 Å². The van der Waals surface area contributed by atoms with Gasteiger partial charge in [0.15, 0.2) is 5.16 Å². The fourth-order valence-corrected chi connectivity index (χ4v) is 5.83. The molecule has 1 amide bonds. The van der Waals surface area contributed by atoms with Crippen molar-refractivity contribution in [3.63, 3.8) is 0 Å². The van der Waals surface area contributed by atoms with E-state index in [9.17, 15) is 9.59 Å². The lowest BCUT2D eigenvalue weighted by atomic mass is 10.0. The van der Waals surface area contributed by atoms with Crippen molar-refractivity contribution in [3.05, 3.63) is 100 Å². The fourth-order valence-electron chi connectivity index (χ4n) is 4.91. The van der Waals surface area contributed by atoms with Crippen LogP contribution in [0.1, 0.15) is 24.5 Å². The van der Waals surface area contributed by atoms with Crippen LogP contribution in [0.15, 0.2) is 88.8 Å². The van der Waals surface area contributed by atoms with Crippen molar-refractivity contribution in [2.24, 2.45) is 0 Å². The average molecular weight is 496 g/mol. The molecule has 2 aromatic heterocycles. The molecule has 180 valence electrons. The third-order valence-corrected chi connectivity index (χ3v) is 7.70. The van der Waals surface area contributed by atoms with Gasteiger partial charge in [0.1, 0.15) is 0 Å². The number of aromatic nitrogens is 4. The Hall–Kier alpha value is -3.91. The van der Waals surface area contributed by atoms with Crippen LogP contribution in [-0.2, 0) is 17.8 Å². The van der Waals surface area contributed by atoms with Gasteiger partial charge in [-0.1, -0.05) is 72.4 Å². The molecule has 0 saturated carbocycles. The maximum Gasteiger partial charge on any atom is 0.263 e. The number of para-hydroxylation sites is 2. The van der Waals surface area contributed by atoms with Crippen LogP contribution in [0.5, 0.6) is 0 Å². The Labute approximate surface area is 212 Å². The number of hydrogen-bond donors (Lipinski definition) is 0. The molecule has 0 fully saturated rings. The second-order valence-electron chi connectivity index (χ2n) is 8.99. The van der Waals surface area contributed by atoms with E-state index < -0.39 is 0 Å². The Balaban J connectivity index is 1.40. The minimum atomic E-state index is -0.378.